The molecule has 0 aliphatic rings. The molecule has 1 rings (SSSR count). The second-order valence-corrected chi connectivity index (χ2v) is 6.54. The van der Waals surface area contributed by atoms with Crippen LogP contribution in [-0.4, -0.2) is 49.5 Å². The summed E-state index contributed by atoms with van der Waals surface area (Å²) in [6, 6.07) is 8.92. The van der Waals surface area contributed by atoms with Crippen LogP contribution in [0, 0.1) is 0 Å². The van der Waals surface area contributed by atoms with Crippen molar-refractivity contribution in [3.8, 4) is 0 Å². The van der Waals surface area contributed by atoms with Crippen molar-refractivity contribution < 1.29 is 23.9 Å². The Labute approximate surface area is 149 Å². The standard InChI is InChI=1S/C18H28N2O5/c1-18(2,3)25-17(22)19-15(16(21)20(4)23-5)11-12-24-13-14-9-7-6-8-10-14/h6-10,15H,11-13H2,1-5H3,(H,19,22). The minimum Gasteiger partial charge on any atom is -0.444 e. The molecular weight excluding hydrogens is 324 g/mol. The Morgan fingerprint density at radius 3 is 2.40 bits per heavy atom. The van der Waals surface area contributed by atoms with Crippen LogP contribution in [0.4, 0.5) is 4.79 Å². The van der Waals surface area contributed by atoms with Gasteiger partial charge in [-0.2, -0.15) is 0 Å². The largest absolute Gasteiger partial charge is 0.444 e. The molecule has 25 heavy (non-hydrogen) atoms. The van der Waals surface area contributed by atoms with Crippen molar-refractivity contribution in [3.63, 3.8) is 0 Å². The van der Waals surface area contributed by atoms with Crippen molar-refractivity contribution in [1.82, 2.24) is 10.4 Å². The third kappa shape index (κ3) is 8.51. The summed E-state index contributed by atoms with van der Waals surface area (Å²) >= 11 is 0. The van der Waals surface area contributed by atoms with E-state index in [0.29, 0.717) is 19.6 Å². The Bertz CT molecular complexity index is 542. The van der Waals surface area contributed by atoms with Gasteiger partial charge in [0.25, 0.3) is 5.91 Å². The summed E-state index contributed by atoms with van der Waals surface area (Å²) in [6.07, 6.45) is -0.350. The maximum absolute atomic E-state index is 12.3. The molecule has 0 saturated heterocycles. The molecule has 2 amide bonds. The van der Waals surface area contributed by atoms with Gasteiger partial charge in [0.15, 0.2) is 0 Å². The molecule has 1 unspecified atom stereocenters. The minimum atomic E-state index is -0.796. The first-order valence-corrected chi connectivity index (χ1v) is 8.16. The zero-order valence-corrected chi connectivity index (χ0v) is 15.6. The topological polar surface area (TPSA) is 77.1 Å². The van der Waals surface area contributed by atoms with Gasteiger partial charge < -0.3 is 14.8 Å². The second kappa shape index (κ2) is 10.0. The summed E-state index contributed by atoms with van der Waals surface area (Å²) in [5.74, 6) is -0.378. The molecule has 1 aromatic rings. The van der Waals surface area contributed by atoms with Crippen molar-refractivity contribution in [2.45, 2.75) is 45.4 Å². The highest BCUT2D eigenvalue weighted by atomic mass is 16.7. The number of carbonyl (C=O) groups is 2. The van der Waals surface area contributed by atoms with E-state index in [1.165, 1.54) is 14.2 Å². The fraction of sp³-hybridized carbons (Fsp3) is 0.556. The molecule has 140 valence electrons. The molecule has 0 fully saturated rings. The quantitative estimate of drug-likeness (QED) is 0.575. The number of nitrogens with one attached hydrogen (secondary N) is 1. The highest BCUT2D eigenvalue weighted by Gasteiger charge is 2.26. The van der Waals surface area contributed by atoms with Gasteiger partial charge in [-0.25, -0.2) is 9.86 Å². The van der Waals surface area contributed by atoms with Gasteiger partial charge in [-0.3, -0.25) is 9.63 Å². The molecule has 0 heterocycles. The maximum Gasteiger partial charge on any atom is 0.408 e. The van der Waals surface area contributed by atoms with E-state index in [9.17, 15) is 9.59 Å². The molecule has 0 spiro atoms. The zero-order chi connectivity index (χ0) is 18.9. The highest BCUT2D eigenvalue weighted by molar-refractivity contribution is 5.84. The van der Waals surface area contributed by atoms with Crippen LogP contribution < -0.4 is 5.32 Å². The molecule has 0 saturated carbocycles. The van der Waals surface area contributed by atoms with Crippen LogP contribution in [0.3, 0.4) is 0 Å². The summed E-state index contributed by atoms with van der Waals surface area (Å²) in [7, 11) is 2.87. The number of nitrogens with zero attached hydrogens (tertiary/aromatic N) is 1. The summed E-state index contributed by atoms with van der Waals surface area (Å²) < 4.78 is 10.8. The molecule has 0 aliphatic heterocycles. The molecular formula is C18H28N2O5. The number of alkyl carbamates (subject to hydrolysis) is 1. The van der Waals surface area contributed by atoms with E-state index in [4.69, 9.17) is 14.3 Å². The lowest BCUT2D eigenvalue weighted by atomic mass is 10.2. The number of amides is 2. The number of hydroxylamine groups is 2. The Kier molecular flexibility index (Phi) is 8.37. The summed E-state index contributed by atoms with van der Waals surface area (Å²) in [4.78, 5) is 29.2. The Morgan fingerprint density at radius 1 is 1.20 bits per heavy atom. The van der Waals surface area contributed by atoms with E-state index >= 15 is 0 Å². The number of rotatable bonds is 8. The summed E-state index contributed by atoms with van der Waals surface area (Å²) in [5.41, 5.74) is 0.397. The van der Waals surface area contributed by atoms with Crippen molar-refractivity contribution in [2.75, 3.05) is 20.8 Å². The SMILES string of the molecule is CON(C)C(=O)C(CCOCc1ccccc1)NC(=O)OC(C)(C)C. The molecule has 7 nitrogen and oxygen atoms in total. The fourth-order valence-electron chi connectivity index (χ4n) is 1.98. The molecule has 7 heteroatoms. The van der Waals surface area contributed by atoms with Gasteiger partial charge in [0, 0.05) is 20.1 Å². The highest BCUT2D eigenvalue weighted by Crippen LogP contribution is 2.08. The van der Waals surface area contributed by atoms with E-state index in [-0.39, 0.29) is 5.91 Å². The summed E-state index contributed by atoms with van der Waals surface area (Å²) in [6.45, 7) is 6.02. The predicted molar refractivity (Wildman–Crippen MR) is 93.7 cm³/mol. The van der Waals surface area contributed by atoms with Crippen LogP contribution in [0.5, 0.6) is 0 Å². The lowest BCUT2D eigenvalue weighted by Crippen LogP contribution is -2.48. The number of hydrogen-bond donors (Lipinski definition) is 1. The van der Waals surface area contributed by atoms with Gasteiger partial charge in [-0.05, 0) is 26.3 Å². The van der Waals surface area contributed by atoms with E-state index in [1.807, 2.05) is 30.3 Å². The number of hydrogen-bond acceptors (Lipinski definition) is 5. The molecule has 1 atom stereocenters. The van der Waals surface area contributed by atoms with Crippen LogP contribution in [-0.2, 0) is 25.7 Å². The van der Waals surface area contributed by atoms with Gasteiger partial charge >= 0.3 is 6.09 Å². The minimum absolute atomic E-state index is 0.304. The molecule has 0 aliphatic carbocycles. The van der Waals surface area contributed by atoms with E-state index in [2.05, 4.69) is 5.32 Å². The van der Waals surface area contributed by atoms with E-state index in [1.54, 1.807) is 20.8 Å². The van der Waals surface area contributed by atoms with Gasteiger partial charge in [0.2, 0.25) is 0 Å². The molecule has 0 bridgehead atoms. The van der Waals surface area contributed by atoms with Crippen molar-refractivity contribution >= 4 is 12.0 Å². The number of carbonyl (C=O) groups excluding carboxylic acids is 2. The first-order chi connectivity index (χ1) is 11.7. The number of likely N-dealkylation sites (N-methyl/N-ethyl adjacent to an activating group) is 1. The van der Waals surface area contributed by atoms with Gasteiger partial charge in [0.1, 0.15) is 11.6 Å². The average molecular weight is 352 g/mol. The third-order valence-corrected chi connectivity index (χ3v) is 3.24. The lowest BCUT2D eigenvalue weighted by molar-refractivity contribution is -0.171. The molecule has 0 aromatic heterocycles. The average Bonchev–Trinajstić information content (AvgIpc) is 2.55. The molecule has 0 radical (unpaired) electrons. The zero-order valence-electron chi connectivity index (χ0n) is 15.6. The monoisotopic (exact) mass is 352 g/mol. The van der Waals surface area contributed by atoms with Crippen LogP contribution in [0.1, 0.15) is 32.8 Å². The second-order valence-electron chi connectivity index (χ2n) is 6.54. The van der Waals surface area contributed by atoms with Crippen LogP contribution >= 0.6 is 0 Å². The Hall–Kier alpha value is -2.12. The lowest BCUT2D eigenvalue weighted by Gasteiger charge is -2.25. The van der Waals surface area contributed by atoms with Crippen LogP contribution in [0.2, 0.25) is 0 Å². The normalized spacial score (nSPS) is 12.4. The van der Waals surface area contributed by atoms with Gasteiger partial charge in [-0.1, -0.05) is 30.3 Å². The first-order valence-electron chi connectivity index (χ1n) is 8.16. The fourth-order valence-corrected chi connectivity index (χ4v) is 1.98. The number of ether oxygens (including phenoxy) is 2. The smallest absolute Gasteiger partial charge is 0.408 e. The maximum atomic E-state index is 12.3. The van der Waals surface area contributed by atoms with E-state index < -0.39 is 17.7 Å². The van der Waals surface area contributed by atoms with Crippen LogP contribution in [0.15, 0.2) is 30.3 Å². The predicted octanol–water partition coefficient (Wildman–Crippen LogP) is 2.51. The molecule has 1 N–H and O–H groups in total. The van der Waals surface area contributed by atoms with Crippen molar-refractivity contribution in [3.05, 3.63) is 35.9 Å². The van der Waals surface area contributed by atoms with Gasteiger partial charge in [-0.15, -0.1) is 0 Å². The Balaban J connectivity index is 2.55. The van der Waals surface area contributed by atoms with Crippen molar-refractivity contribution in [2.24, 2.45) is 0 Å². The van der Waals surface area contributed by atoms with E-state index in [0.717, 1.165) is 10.6 Å². The Morgan fingerprint density at radius 2 is 1.84 bits per heavy atom. The molecule has 1 aromatic carbocycles. The number of benzene rings is 1. The van der Waals surface area contributed by atoms with Crippen LogP contribution in [0.25, 0.3) is 0 Å². The summed E-state index contributed by atoms with van der Waals surface area (Å²) in [5, 5.41) is 3.64. The first kappa shape index (κ1) is 20.9. The third-order valence-electron chi connectivity index (χ3n) is 3.24. The van der Waals surface area contributed by atoms with Crippen molar-refractivity contribution in [1.29, 1.82) is 0 Å². The van der Waals surface area contributed by atoms with Gasteiger partial charge in [0.05, 0.1) is 13.7 Å².